The average Bonchev–Trinajstić information content (AvgIpc) is 3.41. The number of rotatable bonds is 7. The maximum atomic E-state index is 13.6. The van der Waals surface area contributed by atoms with Gasteiger partial charge in [-0.15, -0.1) is 0 Å². The molecule has 0 aromatic heterocycles. The molecule has 1 aliphatic carbocycles. The highest BCUT2D eigenvalue weighted by molar-refractivity contribution is 5.96. The molecule has 0 unspecified atom stereocenters. The predicted octanol–water partition coefficient (Wildman–Crippen LogP) is 6.15. The van der Waals surface area contributed by atoms with Gasteiger partial charge in [0.25, 0.3) is 0 Å². The van der Waals surface area contributed by atoms with Gasteiger partial charge < -0.3 is 9.47 Å². The van der Waals surface area contributed by atoms with Crippen molar-refractivity contribution >= 4 is 11.9 Å². The fourth-order valence-corrected chi connectivity index (χ4v) is 5.41. The van der Waals surface area contributed by atoms with Crippen molar-refractivity contribution < 1.29 is 19.1 Å². The molecule has 1 amide bonds. The van der Waals surface area contributed by atoms with Crippen LogP contribution < -0.4 is 0 Å². The van der Waals surface area contributed by atoms with Gasteiger partial charge in [-0.25, -0.2) is 4.79 Å². The second-order valence-corrected chi connectivity index (χ2v) is 9.33. The lowest BCUT2D eigenvalue weighted by Crippen LogP contribution is -2.53. The Morgan fingerprint density at radius 1 is 0.914 bits per heavy atom. The Morgan fingerprint density at radius 2 is 1.49 bits per heavy atom. The smallest absolute Gasteiger partial charge is 0.411 e. The lowest BCUT2D eigenvalue weighted by Gasteiger charge is -2.41. The highest BCUT2D eigenvalue weighted by Gasteiger charge is 2.55. The lowest BCUT2D eigenvalue weighted by molar-refractivity contribution is -0.0301. The van der Waals surface area contributed by atoms with Crippen molar-refractivity contribution in [2.45, 2.75) is 37.1 Å². The molecule has 0 N–H and O–H groups in total. The second kappa shape index (κ2) is 9.51. The monoisotopic (exact) mass is 467 g/mol. The van der Waals surface area contributed by atoms with E-state index in [1.54, 1.807) is 12.0 Å². The maximum absolute atomic E-state index is 13.6. The van der Waals surface area contributed by atoms with Gasteiger partial charge in [-0.3, -0.25) is 9.69 Å². The van der Waals surface area contributed by atoms with Crippen LogP contribution in [0.1, 0.15) is 47.0 Å². The molecule has 1 heterocycles. The summed E-state index contributed by atoms with van der Waals surface area (Å²) < 4.78 is 12.0. The number of carbonyl (C=O) groups excluding carboxylic acids is 2. The standard InChI is InChI=1S/C30H29NO4/c1-30(34-2)19-18-24(20-25(32)21-12-6-3-7-13-21)28(30)31-26(22-14-8-4-9-15-22)27(35-29(31)33)23-16-10-5-11-17-23/h3-19,24,26-28H,20H2,1-2H3/t24-,26-,27+,28-,30-/m1/s1. The molecule has 3 aromatic rings. The summed E-state index contributed by atoms with van der Waals surface area (Å²) in [4.78, 5) is 28.5. The summed E-state index contributed by atoms with van der Waals surface area (Å²) in [6.07, 6.45) is 3.39. The highest BCUT2D eigenvalue weighted by atomic mass is 16.6. The van der Waals surface area contributed by atoms with Crippen molar-refractivity contribution in [3.63, 3.8) is 0 Å². The van der Waals surface area contributed by atoms with Gasteiger partial charge in [-0.2, -0.15) is 0 Å². The number of benzene rings is 3. The summed E-state index contributed by atoms with van der Waals surface area (Å²) >= 11 is 0. The molecule has 1 fully saturated rings. The molecule has 3 aromatic carbocycles. The van der Waals surface area contributed by atoms with Crippen LogP contribution in [-0.4, -0.2) is 35.5 Å². The molecule has 0 radical (unpaired) electrons. The number of hydrogen-bond donors (Lipinski definition) is 0. The molecule has 5 nitrogen and oxygen atoms in total. The summed E-state index contributed by atoms with van der Waals surface area (Å²) in [5.74, 6) is -0.185. The lowest BCUT2D eigenvalue weighted by atomic mass is 9.85. The third-order valence-corrected chi connectivity index (χ3v) is 7.22. The van der Waals surface area contributed by atoms with E-state index in [0.29, 0.717) is 5.56 Å². The van der Waals surface area contributed by atoms with Gasteiger partial charge in [0.05, 0.1) is 6.04 Å². The van der Waals surface area contributed by atoms with Crippen LogP contribution in [0, 0.1) is 5.92 Å². The minimum Gasteiger partial charge on any atom is -0.439 e. The largest absolute Gasteiger partial charge is 0.439 e. The Kier molecular flexibility index (Phi) is 6.27. The van der Waals surface area contributed by atoms with Gasteiger partial charge in [0.2, 0.25) is 0 Å². The van der Waals surface area contributed by atoms with Crippen LogP contribution in [0.25, 0.3) is 0 Å². The van der Waals surface area contributed by atoms with Crippen molar-refractivity contribution in [3.05, 3.63) is 120 Å². The third kappa shape index (κ3) is 4.28. The number of amides is 1. The first-order chi connectivity index (χ1) is 17.0. The molecule has 1 saturated heterocycles. The van der Waals surface area contributed by atoms with E-state index >= 15 is 0 Å². The Labute approximate surface area is 206 Å². The van der Waals surface area contributed by atoms with Gasteiger partial charge in [0, 0.05) is 25.0 Å². The van der Waals surface area contributed by atoms with Crippen LogP contribution in [0.5, 0.6) is 0 Å². The van der Waals surface area contributed by atoms with E-state index in [1.807, 2.05) is 110 Å². The van der Waals surface area contributed by atoms with Crippen molar-refractivity contribution in [2.75, 3.05) is 7.11 Å². The molecule has 0 spiro atoms. The Hall–Kier alpha value is -3.70. The van der Waals surface area contributed by atoms with Crippen LogP contribution in [0.15, 0.2) is 103 Å². The summed E-state index contributed by atoms with van der Waals surface area (Å²) in [7, 11) is 1.65. The van der Waals surface area contributed by atoms with Crippen LogP contribution in [0.2, 0.25) is 0 Å². The van der Waals surface area contributed by atoms with E-state index < -0.39 is 23.8 Å². The quantitative estimate of drug-likeness (QED) is 0.309. The number of hydrogen-bond acceptors (Lipinski definition) is 4. The first kappa shape index (κ1) is 23.1. The Balaban J connectivity index is 1.55. The summed E-state index contributed by atoms with van der Waals surface area (Å²) in [5, 5.41) is 0. The molecule has 5 atom stereocenters. The van der Waals surface area contributed by atoms with Crippen molar-refractivity contribution in [1.82, 2.24) is 4.90 Å². The molecule has 1 aliphatic heterocycles. The van der Waals surface area contributed by atoms with E-state index in [0.717, 1.165) is 11.1 Å². The minimum atomic E-state index is -0.765. The predicted molar refractivity (Wildman–Crippen MR) is 134 cm³/mol. The Bertz CT molecular complexity index is 1210. The van der Waals surface area contributed by atoms with E-state index in [4.69, 9.17) is 9.47 Å². The average molecular weight is 468 g/mol. The molecular formula is C30H29NO4. The first-order valence-electron chi connectivity index (χ1n) is 11.9. The van der Waals surface area contributed by atoms with Crippen molar-refractivity contribution in [3.8, 4) is 0 Å². The van der Waals surface area contributed by atoms with Gasteiger partial charge in [0.15, 0.2) is 11.9 Å². The molecule has 0 bridgehead atoms. The fourth-order valence-electron chi connectivity index (χ4n) is 5.41. The van der Waals surface area contributed by atoms with Gasteiger partial charge >= 0.3 is 6.09 Å². The summed E-state index contributed by atoms with van der Waals surface area (Å²) in [5.41, 5.74) is 1.81. The zero-order valence-corrected chi connectivity index (χ0v) is 19.9. The van der Waals surface area contributed by atoms with E-state index in [-0.39, 0.29) is 24.2 Å². The molecule has 35 heavy (non-hydrogen) atoms. The number of nitrogens with zero attached hydrogens (tertiary/aromatic N) is 1. The van der Waals surface area contributed by atoms with Crippen molar-refractivity contribution in [1.29, 1.82) is 0 Å². The number of cyclic esters (lactones) is 1. The maximum Gasteiger partial charge on any atom is 0.411 e. The molecular weight excluding hydrogens is 438 g/mol. The summed E-state index contributed by atoms with van der Waals surface area (Å²) in [6.45, 7) is 1.96. The molecule has 5 heteroatoms. The zero-order valence-electron chi connectivity index (χ0n) is 19.9. The number of methoxy groups -OCH3 is 1. The molecule has 5 rings (SSSR count). The SMILES string of the molecule is CO[C@]1(C)C=C[C@H](CC(=O)c2ccccc2)[C@H]1N1C(=O)O[C@@H](c2ccccc2)[C@H]1c1ccccc1. The highest BCUT2D eigenvalue weighted by Crippen LogP contribution is 2.49. The minimum absolute atomic E-state index is 0.0361. The van der Waals surface area contributed by atoms with E-state index in [1.165, 1.54) is 0 Å². The van der Waals surface area contributed by atoms with Crippen LogP contribution in [0.3, 0.4) is 0 Å². The number of Topliss-reactive ketones (excluding diaryl/α,β-unsaturated/α-hetero) is 1. The fraction of sp³-hybridized carbons (Fsp3) is 0.267. The van der Waals surface area contributed by atoms with Crippen LogP contribution in [-0.2, 0) is 9.47 Å². The zero-order chi connectivity index (χ0) is 24.4. The molecule has 178 valence electrons. The van der Waals surface area contributed by atoms with Crippen molar-refractivity contribution in [2.24, 2.45) is 5.92 Å². The van der Waals surface area contributed by atoms with E-state index in [9.17, 15) is 9.59 Å². The normalized spacial score (nSPS) is 27.7. The van der Waals surface area contributed by atoms with Gasteiger partial charge in [-0.1, -0.05) is 103 Å². The first-order valence-corrected chi connectivity index (χ1v) is 11.9. The van der Waals surface area contributed by atoms with E-state index in [2.05, 4.69) is 0 Å². The Morgan fingerprint density at radius 3 is 2.09 bits per heavy atom. The topological polar surface area (TPSA) is 55.8 Å². The second-order valence-electron chi connectivity index (χ2n) is 9.33. The summed E-state index contributed by atoms with van der Waals surface area (Å²) in [6, 6.07) is 28.3. The molecule has 2 aliphatic rings. The van der Waals surface area contributed by atoms with Gasteiger partial charge in [0.1, 0.15) is 11.6 Å². The molecule has 0 saturated carbocycles. The number of ketones is 1. The van der Waals surface area contributed by atoms with Gasteiger partial charge in [-0.05, 0) is 18.1 Å². The number of ether oxygens (including phenoxy) is 2. The number of carbonyl (C=O) groups is 2. The van der Waals surface area contributed by atoms with Crippen LogP contribution >= 0.6 is 0 Å². The van der Waals surface area contributed by atoms with Crippen LogP contribution in [0.4, 0.5) is 4.79 Å². The third-order valence-electron chi connectivity index (χ3n) is 7.22.